The van der Waals surface area contributed by atoms with Crippen LogP contribution in [0.4, 0.5) is 0 Å². The van der Waals surface area contributed by atoms with Gasteiger partial charge in [-0.15, -0.1) is 0 Å². The minimum absolute atomic E-state index is 0.0413. The molecule has 2 atom stereocenters. The number of hydrogen-bond acceptors (Lipinski definition) is 6. The van der Waals surface area contributed by atoms with E-state index < -0.39 is 0 Å². The molecule has 2 N–H and O–H groups in total. The average molecular weight is 514 g/mol. The van der Waals surface area contributed by atoms with Crippen LogP contribution in [0.25, 0.3) is 33.4 Å². The lowest BCUT2D eigenvalue weighted by atomic mass is 9.81. The van der Waals surface area contributed by atoms with Gasteiger partial charge in [-0.3, -0.25) is 9.36 Å². The van der Waals surface area contributed by atoms with Crippen molar-refractivity contribution in [2.24, 2.45) is 17.6 Å². The standard InChI is InChI=1S/C31H35N3O4/c1-36-25-11-12-29-28(17-25)31(35)34(19-21-6-4-5-20(13-21)18-32)30(33-29)23-9-7-22(8-10-23)24-14-26(37-2)16-27(15-24)38-3/h7-12,14-17,20-21H,4-6,13,18-19,32H2,1-3H3. The molecule has 7 nitrogen and oxygen atoms in total. The normalized spacial score (nSPS) is 17.4. The third-order valence-corrected chi connectivity index (χ3v) is 7.65. The van der Waals surface area contributed by atoms with Crippen molar-refractivity contribution >= 4 is 10.9 Å². The number of aromatic nitrogens is 2. The van der Waals surface area contributed by atoms with E-state index in [0.717, 1.165) is 47.5 Å². The molecule has 0 radical (unpaired) electrons. The van der Waals surface area contributed by atoms with Crippen LogP contribution in [-0.4, -0.2) is 37.4 Å². The molecule has 0 bridgehead atoms. The maximum absolute atomic E-state index is 13.9. The molecule has 1 aliphatic rings. The van der Waals surface area contributed by atoms with Gasteiger partial charge in [0.25, 0.3) is 5.56 Å². The largest absolute Gasteiger partial charge is 0.497 e. The summed E-state index contributed by atoms with van der Waals surface area (Å²) >= 11 is 0. The van der Waals surface area contributed by atoms with Crippen molar-refractivity contribution in [3.05, 3.63) is 71.0 Å². The van der Waals surface area contributed by atoms with Crippen molar-refractivity contribution in [1.29, 1.82) is 0 Å². The number of methoxy groups -OCH3 is 3. The highest BCUT2D eigenvalue weighted by molar-refractivity contribution is 5.81. The second kappa shape index (κ2) is 11.3. The highest BCUT2D eigenvalue weighted by Crippen LogP contribution is 2.33. The summed E-state index contributed by atoms with van der Waals surface area (Å²) in [6, 6.07) is 19.4. The van der Waals surface area contributed by atoms with Gasteiger partial charge < -0.3 is 19.9 Å². The molecule has 0 amide bonds. The zero-order valence-corrected chi connectivity index (χ0v) is 22.3. The molecule has 4 aromatic rings. The zero-order valence-electron chi connectivity index (χ0n) is 22.3. The summed E-state index contributed by atoms with van der Waals surface area (Å²) in [7, 11) is 4.89. The lowest BCUT2D eigenvalue weighted by molar-refractivity contribution is 0.246. The maximum Gasteiger partial charge on any atom is 0.261 e. The fourth-order valence-corrected chi connectivity index (χ4v) is 5.54. The van der Waals surface area contributed by atoms with Gasteiger partial charge >= 0.3 is 0 Å². The van der Waals surface area contributed by atoms with Crippen LogP contribution in [0.15, 0.2) is 65.5 Å². The number of nitrogens with zero attached hydrogens (tertiary/aromatic N) is 2. The number of rotatable bonds is 8. The zero-order chi connectivity index (χ0) is 26.6. The fourth-order valence-electron chi connectivity index (χ4n) is 5.54. The Kier molecular flexibility index (Phi) is 7.65. The minimum Gasteiger partial charge on any atom is -0.497 e. The predicted molar refractivity (Wildman–Crippen MR) is 151 cm³/mol. The maximum atomic E-state index is 13.9. The molecular formula is C31H35N3O4. The SMILES string of the molecule is COc1cc(OC)cc(-c2ccc(-c3nc4ccc(OC)cc4c(=O)n3CC3CCCC(CN)C3)cc2)c1. The van der Waals surface area contributed by atoms with Gasteiger partial charge in [0.05, 0.1) is 32.2 Å². The monoisotopic (exact) mass is 513 g/mol. The smallest absolute Gasteiger partial charge is 0.261 e. The van der Waals surface area contributed by atoms with E-state index in [1.54, 1.807) is 27.4 Å². The first-order chi connectivity index (χ1) is 18.5. The Morgan fingerprint density at radius 1 is 0.816 bits per heavy atom. The summed E-state index contributed by atoms with van der Waals surface area (Å²) in [6.45, 7) is 1.32. The quantitative estimate of drug-likeness (QED) is 0.334. The number of nitrogens with two attached hydrogens (primary N) is 1. The Labute approximate surface area is 223 Å². The van der Waals surface area contributed by atoms with Crippen molar-refractivity contribution in [2.45, 2.75) is 32.2 Å². The Morgan fingerprint density at radius 2 is 1.47 bits per heavy atom. The Morgan fingerprint density at radius 3 is 2.13 bits per heavy atom. The molecule has 1 heterocycles. The van der Waals surface area contributed by atoms with Gasteiger partial charge in [0.1, 0.15) is 23.1 Å². The summed E-state index contributed by atoms with van der Waals surface area (Å²) in [6.07, 6.45) is 4.44. The van der Waals surface area contributed by atoms with Crippen LogP contribution in [-0.2, 0) is 6.54 Å². The van der Waals surface area contributed by atoms with E-state index in [2.05, 4.69) is 0 Å². The molecule has 38 heavy (non-hydrogen) atoms. The molecule has 1 fully saturated rings. The molecule has 7 heteroatoms. The van der Waals surface area contributed by atoms with Crippen molar-refractivity contribution in [1.82, 2.24) is 9.55 Å². The first-order valence-electron chi connectivity index (χ1n) is 13.2. The van der Waals surface area contributed by atoms with Crippen molar-refractivity contribution in [3.8, 4) is 39.8 Å². The Hall–Kier alpha value is -3.84. The third kappa shape index (κ3) is 5.24. The summed E-state index contributed by atoms with van der Waals surface area (Å²) in [5, 5.41) is 0.569. The highest BCUT2D eigenvalue weighted by Gasteiger charge is 2.24. The lowest BCUT2D eigenvalue weighted by Gasteiger charge is -2.29. The van der Waals surface area contributed by atoms with Gasteiger partial charge in [0.2, 0.25) is 0 Å². The van der Waals surface area contributed by atoms with Crippen molar-refractivity contribution in [3.63, 3.8) is 0 Å². The van der Waals surface area contributed by atoms with Crippen molar-refractivity contribution in [2.75, 3.05) is 27.9 Å². The van der Waals surface area contributed by atoms with Crippen LogP contribution in [0, 0.1) is 11.8 Å². The fraction of sp³-hybridized carbons (Fsp3) is 0.355. The van der Waals surface area contributed by atoms with E-state index in [0.29, 0.717) is 47.4 Å². The molecule has 2 unspecified atom stereocenters. The Balaban J connectivity index is 1.58. The lowest BCUT2D eigenvalue weighted by Crippen LogP contribution is -2.30. The highest BCUT2D eigenvalue weighted by atomic mass is 16.5. The molecule has 0 spiro atoms. The van der Waals surface area contributed by atoms with Crippen LogP contribution in [0.5, 0.6) is 17.2 Å². The second-order valence-corrected chi connectivity index (χ2v) is 10.0. The number of fused-ring (bicyclic) bond motifs is 1. The van der Waals surface area contributed by atoms with Gasteiger partial charge in [-0.05, 0) is 79.1 Å². The average Bonchev–Trinajstić information content (AvgIpc) is 2.98. The van der Waals surface area contributed by atoms with Gasteiger partial charge in [-0.1, -0.05) is 30.7 Å². The molecular weight excluding hydrogens is 478 g/mol. The van der Waals surface area contributed by atoms with Gasteiger partial charge in [0.15, 0.2) is 0 Å². The molecule has 198 valence electrons. The van der Waals surface area contributed by atoms with Gasteiger partial charge in [0, 0.05) is 18.2 Å². The van der Waals surface area contributed by atoms with Crippen molar-refractivity contribution < 1.29 is 14.2 Å². The molecule has 1 saturated carbocycles. The number of ether oxygens (including phenoxy) is 3. The summed E-state index contributed by atoms with van der Waals surface area (Å²) in [5.74, 6) is 3.69. The first-order valence-corrected chi connectivity index (χ1v) is 13.2. The number of hydrogen-bond donors (Lipinski definition) is 1. The molecule has 5 rings (SSSR count). The van der Waals surface area contributed by atoms with E-state index in [-0.39, 0.29) is 5.56 Å². The van der Waals surface area contributed by atoms with Gasteiger partial charge in [-0.2, -0.15) is 0 Å². The molecule has 0 saturated heterocycles. The molecule has 0 aliphatic heterocycles. The Bertz CT molecular complexity index is 1460. The van der Waals surface area contributed by atoms with Crippen LogP contribution in [0.2, 0.25) is 0 Å². The topological polar surface area (TPSA) is 88.6 Å². The van der Waals surface area contributed by atoms with Crippen LogP contribution in [0.1, 0.15) is 25.7 Å². The van der Waals surface area contributed by atoms with E-state index in [9.17, 15) is 4.79 Å². The second-order valence-electron chi connectivity index (χ2n) is 10.0. The van der Waals surface area contributed by atoms with E-state index in [1.165, 1.54) is 6.42 Å². The predicted octanol–water partition coefficient (Wildman–Crippen LogP) is 5.52. The van der Waals surface area contributed by atoms with Crippen LogP contribution < -0.4 is 25.5 Å². The third-order valence-electron chi connectivity index (χ3n) is 7.65. The summed E-state index contributed by atoms with van der Waals surface area (Å²) in [5.41, 5.74) is 9.52. The van der Waals surface area contributed by atoms with Crippen LogP contribution >= 0.6 is 0 Å². The minimum atomic E-state index is -0.0413. The number of benzene rings is 3. The van der Waals surface area contributed by atoms with E-state index in [4.69, 9.17) is 24.9 Å². The molecule has 1 aliphatic carbocycles. The van der Waals surface area contributed by atoms with E-state index in [1.807, 2.05) is 59.2 Å². The molecule has 3 aromatic carbocycles. The van der Waals surface area contributed by atoms with Gasteiger partial charge in [-0.25, -0.2) is 4.98 Å². The van der Waals surface area contributed by atoms with E-state index >= 15 is 0 Å². The molecule has 1 aromatic heterocycles. The van der Waals surface area contributed by atoms with Crippen LogP contribution in [0.3, 0.4) is 0 Å². The summed E-state index contributed by atoms with van der Waals surface area (Å²) < 4.78 is 18.1. The summed E-state index contributed by atoms with van der Waals surface area (Å²) in [4.78, 5) is 18.8. The first kappa shape index (κ1) is 25.8.